The summed E-state index contributed by atoms with van der Waals surface area (Å²) in [5, 5.41) is 2.96. The molecule has 1 aliphatic heterocycles. The Hall–Kier alpha value is -0.140. The molecule has 0 bridgehead atoms. The molecule has 9 heavy (non-hydrogen) atoms. The molecule has 0 spiro atoms. The van der Waals surface area contributed by atoms with E-state index in [0.717, 1.165) is 0 Å². The molecule has 1 rings (SSSR count). The van der Waals surface area contributed by atoms with Crippen LogP contribution in [-0.4, -0.2) is 5.00 Å². The van der Waals surface area contributed by atoms with Gasteiger partial charge in [0.25, 0.3) is 0 Å². The molecule has 0 aromatic heterocycles. The van der Waals surface area contributed by atoms with Gasteiger partial charge in [-0.15, -0.1) is 12.4 Å². The molecule has 0 amide bonds. The van der Waals surface area contributed by atoms with Gasteiger partial charge in [0.15, 0.2) is 0 Å². The Morgan fingerprint density at radius 3 is 2.33 bits per heavy atom. The van der Waals surface area contributed by atoms with E-state index in [1.54, 1.807) is 0 Å². The zero-order chi connectivity index (χ0) is 6.04. The SMILES string of the molecule is CC1(Cl)C=CC=CN1.Cl. The lowest BCUT2D eigenvalue weighted by Gasteiger charge is -2.19. The minimum absolute atomic E-state index is 0. The molecule has 0 fully saturated rings. The van der Waals surface area contributed by atoms with Crippen molar-refractivity contribution < 1.29 is 0 Å². The van der Waals surface area contributed by atoms with Crippen molar-refractivity contribution in [2.75, 3.05) is 0 Å². The second-order valence-electron chi connectivity index (χ2n) is 1.94. The highest BCUT2D eigenvalue weighted by Gasteiger charge is 2.13. The van der Waals surface area contributed by atoms with Crippen LogP contribution in [0.1, 0.15) is 6.92 Å². The molecular formula is C6H9Cl2N. The maximum Gasteiger partial charge on any atom is 0.128 e. The van der Waals surface area contributed by atoms with Crippen LogP contribution in [0.2, 0.25) is 0 Å². The van der Waals surface area contributed by atoms with Gasteiger partial charge in [-0.3, -0.25) is 0 Å². The van der Waals surface area contributed by atoms with Crippen molar-refractivity contribution in [2.24, 2.45) is 0 Å². The molecule has 1 heterocycles. The number of rotatable bonds is 0. The van der Waals surface area contributed by atoms with Gasteiger partial charge in [-0.05, 0) is 25.3 Å². The Morgan fingerprint density at radius 2 is 2.11 bits per heavy atom. The van der Waals surface area contributed by atoms with Crippen LogP contribution in [0.25, 0.3) is 0 Å². The van der Waals surface area contributed by atoms with Crippen LogP contribution in [0.3, 0.4) is 0 Å². The third-order valence-electron chi connectivity index (χ3n) is 0.982. The smallest absolute Gasteiger partial charge is 0.128 e. The van der Waals surface area contributed by atoms with E-state index in [-0.39, 0.29) is 17.4 Å². The van der Waals surface area contributed by atoms with Crippen LogP contribution in [0.15, 0.2) is 24.4 Å². The van der Waals surface area contributed by atoms with Crippen molar-refractivity contribution in [2.45, 2.75) is 11.9 Å². The molecular weight excluding hydrogens is 157 g/mol. The highest BCUT2D eigenvalue weighted by molar-refractivity contribution is 6.24. The first kappa shape index (κ1) is 8.86. The van der Waals surface area contributed by atoms with E-state index in [9.17, 15) is 0 Å². The van der Waals surface area contributed by atoms with Crippen molar-refractivity contribution in [3.63, 3.8) is 0 Å². The minimum Gasteiger partial charge on any atom is -0.370 e. The van der Waals surface area contributed by atoms with Crippen LogP contribution in [-0.2, 0) is 0 Å². The lowest BCUT2D eigenvalue weighted by atomic mass is 10.2. The van der Waals surface area contributed by atoms with Crippen LogP contribution >= 0.6 is 24.0 Å². The van der Waals surface area contributed by atoms with Gasteiger partial charge in [-0.25, -0.2) is 0 Å². The minimum atomic E-state index is -0.366. The monoisotopic (exact) mass is 165 g/mol. The second-order valence-corrected chi connectivity index (χ2v) is 2.72. The Morgan fingerprint density at radius 1 is 1.44 bits per heavy atom. The number of hydrogen-bond donors (Lipinski definition) is 1. The predicted molar refractivity (Wildman–Crippen MR) is 42.9 cm³/mol. The Bertz CT molecular complexity index is 138. The van der Waals surface area contributed by atoms with Gasteiger partial charge < -0.3 is 5.32 Å². The van der Waals surface area contributed by atoms with E-state index in [1.165, 1.54) is 0 Å². The molecule has 0 radical (unpaired) electrons. The summed E-state index contributed by atoms with van der Waals surface area (Å²) in [7, 11) is 0. The zero-order valence-corrected chi connectivity index (χ0v) is 6.67. The van der Waals surface area contributed by atoms with Crippen LogP contribution in [0.5, 0.6) is 0 Å². The number of dihydropyridines is 1. The maximum atomic E-state index is 5.82. The van der Waals surface area contributed by atoms with Gasteiger partial charge >= 0.3 is 0 Å². The van der Waals surface area contributed by atoms with Crippen molar-refractivity contribution in [1.82, 2.24) is 5.32 Å². The number of halogens is 2. The molecule has 0 aliphatic carbocycles. The summed E-state index contributed by atoms with van der Waals surface area (Å²) < 4.78 is 0. The lowest BCUT2D eigenvalue weighted by Crippen LogP contribution is -2.31. The summed E-state index contributed by atoms with van der Waals surface area (Å²) in [6, 6.07) is 0. The van der Waals surface area contributed by atoms with Gasteiger partial charge in [0.1, 0.15) is 5.00 Å². The standard InChI is InChI=1S/C6H8ClN.ClH/c1-6(7)4-2-3-5-8-6;/h2-5,8H,1H3;1H. The van der Waals surface area contributed by atoms with Gasteiger partial charge in [-0.2, -0.15) is 0 Å². The Labute approximate surface area is 66.2 Å². The molecule has 3 heteroatoms. The molecule has 0 aromatic rings. The van der Waals surface area contributed by atoms with E-state index < -0.39 is 0 Å². The zero-order valence-electron chi connectivity index (χ0n) is 5.10. The fourth-order valence-corrected chi connectivity index (χ4v) is 0.687. The topological polar surface area (TPSA) is 12.0 Å². The van der Waals surface area contributed by atoms with Crippen molar-refractivity contribution in [3.05, 3.63) is 24.4 Å². The number of alkyl halides is 1. The summed E-state index contributed by atoms with van der Waals surface area (Å²) in [4.78, 5) is -0.366. The fraction of sp³-hybridized carbons (Fsp3) is 0.333. The molecule has 1 N–H and O–H groups in total. The van der Waals surface area contributed by atoms with Crippen molar-refractivity contribution in [1.29, 1.82) is 0 Å². The lowest BCUT2D eigenvalue weighted by molar-refractivity contribution is 0.686. The van der Waals surface area contributed by atoms with Gasteiger partial charge in [-0.1, -0.05) is 17.7 Å². The number of allylic oxidation sites excluding steroid dienone is 2. The quantitative estimate of drug-likeness (QED) is 0.428. The second kappa shape index (κ2) is 3.14. The molecule has 52 valence electrons. The fourth-order valence-electron chi connectivity index (χ4n) is 0.551. The molecule has 1 nitrogen and oxygen atoms in total. The van der Waals surface area contributed by atoms with Gasteiger partial charge in [0, 0.05) is 0 Å². The van der Waals surface area contributed by atoms with Gasteiger partial charge in [0.2, 0.25) is 0 Å². The van der Waals surface area contributed by atoms with Crippen molar-refractivity contribution in [3.8, 4) is 0 Å². The van der Waals surface area contributed by atoms with E-state index in [0.29, 0.717) is 0 Å². The normalized spacial score (nSPS) is 30.9. The largest absolute Gasteiger partial charge is 0.370 e. The van der Waals surface area contributed by atoms with E-state index in [4.69, 9.17) is 11.6 Å². The van der Waals surface area contributed by atoms with Crippen LogP contribution in [0.4, 0.5) is 0 Å². The number of nitrogens with one attached hydrogen (secondary N) is 1. The summed E-state index contributed by atoms with van der Waals surface area (Å²) in [6.07, 6.45) is 7.55. The summed E-state index contributed by atoms with van der Waals surface area (Å²) in [6.45, 7) is 1.90. The van der Waals surface area contributed by atoms with Gasteiger partial charge in [0.05, 0.1) is 0 Å². The van der Waals surface area contributed by atoms with Crippen molar-refractivity contribution >= 4 is 24.0 Å². The third kappa shape index (κ3) is 2.78. The molecule has 1 unspecified atom stereocenters. The summed E-state index contributed by atoms with van der Waals surface area (Å²) in [5.74, 6) is 0. The first-order valence-corrected chi connectivity index (χ1v) is 2.89. The first-order valence-electron chi connectivity index (χ1n) is 2.52. The molecule has 0 aromatic carbocycles. The van der Waals surface area contributed by atoms with E-state index in [1.807, 2.05) is 31.4 Å². The maximum absolute atomic E-state index is 5.82. The summed E-state index contributed by atoms with van der Waals surface area (Å²) in [5.41, 5.74) is 0. The third-order valence-corrected chi connectivity index (χ3v) is 1.22. The van der Waals surface area contributed by atoms with Crippen LogP contribution in [0, 0.1) is 0 Å². The Kier molecular flexibility index (Phi) is 3.09. The van der Waals surface area contributed by atoms with E-state index >= 15 is 0 Å². The molecule has 0 saturated carbocycles. The molecule has 1 atom stereocenters. The molecule has 1 aliphatic rings. The Balaban J connectivity index is 0.000000640. The predicted octanol–water partition coefficient (Wildman–Crippen LogP) is 2.04. The van der Waals surface area contributed by atoms with Crippen LogP contribution < -0.4 is 5.32 Å². The van der Waals surface area contributed by atoms with E-state index in [2.05, 4.69) is 5.32 Å². The average Bonchev–Trinajstić information content (AvgIpc) is 1.65. The molecule has 0 saturated heterocycles. The average molecular weight is 166 g/mol. The number of hydrogen-bond acceptors (Lipinski definition) is 1. The highest BCUT2D eigenvalue weighted by atomic mass is 35.5. The highest BCUT2D eigenvalue weighted by Crippen LogP contribution is 2.13. The summed E-state index contributed by atoms with van der Waals surface area (Å²) >= 11 is 5.82. The first-order chi connectivity index (χ1) is 3.71.